The second-order valence-electron chi connectivity index (χ2n) is 7.94. The number of nitrogens with zero attached hydrogens (tertiary/aromatic N) is 2. The van der Waals surface area contributed by atoms with E-state index in [0.29, 0.717) is 0 Å². The third kappa shape index (κ3) is 6.60. The van der Waals surface area contributed by atoms with Gasteiger partial charge in [0.05, 0.1) is 27.7 Å². The van der Waals surface area contributed by atoms with Gasteiger partial charge in [0.1, 0.15) is 6.54 Å². The first kappa shape index (κ1) is 16.5. The third-order valence-corrected chi connectivity index (χ3v) is 4.98. The van der Waals surface area contributed by atoms with E-state index in [2.05, 4.69) is 56.3 Å². The van der Waals surface area contributed by atoms with Gasteiger partial charge in [-0.2, -0.15) is 0 Å². The second-order valence-corrected chi connectivity index (χ2v) is 7.94. The van der Waals surface area contributed by atoms with Crippen molar-refractivity contribution < 1.29 is 9.05 Å². The van der Waals surface area contributed by atoms with Crippen molar-refractivity contribution in [1.82, 2.24) is 0 Å². The molecule has 1 aromatic heterocycles. The molecule has 0 aliphatic heterocycles. The van der Waals surface area contributed by atoms with Gasteiger partial charge in [-0.15, -0.1) is 0 Å². The molecule has 0 unspecified atom stereocenters. The molecule has 0 spiro atoms. The Bertz CT molecular complexity index is 386. The van der Waals surface area contributed by atoms with Gasteiger partial charge in [-0.25, -0.2) is 4.57 Å². The van der Waals surface area contributed by atoms with Crippen molar-refractivity contribution in [2.75, 3.05) is 27.7 Å². The molecule has 1 heterocycles. The molecule has 1 aliphatic carbocycles. The second kappa shape index (κ2) is 7.93. The first-order chi connectivity index (χ1) is 10.0. The number of rotatable bonds is 7. The minimum Gasteiger partial charge on any atom is -0.331 e. The quantitative estimate of drug-likeness (QED) is 0.533. The summed E-state index contributed by atoms with van der Waals surface area (Å²) in [6.45, 7) is 2.52. The van der Waals surface area contributed by atoms with Crippen molar-refractivity contribution in [3.63, 3.8) is 0 Å². The largest absolute Gasteiger partial charge is 0.331 e. The summed E-state index contributed by atoms with van der Waals surface area (Å²) in [5, 5.41) is 0. The highest BCUT2D eigenvalue weighted by Gasteiger charge is 2.22. The summed E-state index contributed by atoms with van der Waals surface area (Å²) in [5.41, 5.74) is 0. The molecule has 0 aromatic carbocycles. The molecule has 1 saturated carbocycles. The fourth-order valence-corrected chi connectivity index (χ4v) is 3.58. The predicted octanol–water partition coefficient (Wildman–Crippen LogP) is 3.66. The molecular formula is C19H34N2+2. The third-order valence-electron chi connectivity index (χ3n) is 4.98. The van der Waals surface area contributed by atoms with Crippen LogP contribution in [0.25, 0.3) is 0 Å². The smallest absolute Gasteiger partial charge is 0.168 e. The highest BCUT2D eigenvalue weighted by Crippen LogP contribution is 2.33. The van der Waals surface area contributed by atoms with Crippen molar-refractivity contribution in [3.8, 4) is 0 Å². The van der Waals surface area contributed by atoms with Crippen LogP contribution in [0.5, 0.6) is 0 Å². The number of aromatic nitrogens is 1. The van der Waals surface area contributed by atoms with E-state index in [1.807, 2.05) is 0 Å². The van der Waals surface area contributed by atoms with Crippen molar-refractivity contribution in [2.24, 2.45) is 11.8 Å². The minimum absolute atomic E-state index is 0.965. The summed E-state index contributed by atoms with van der Waals surface area (Å²) in [7, 11) is 6.91. The topological polar surface area (TPSA) is 3.88 Å². The highest BCUT2D eigenvalue weighted by atomic mass is 15.3. The zero-order chi connectivity index (χ0) is 15.1. The Kier molecular flexibility index (Phi) is 6.22. The molecule has 21 heavy (non-hydrogen) atoms. The highest BCUT2D eigenvalue weighted by molar-refractivity contribution is 4.83. The lowest BCUT2D eigenvalue weighted by Crippen LogP contribution is -2.35. The molecule has 0 amide bonds. The van der Waals surface area contributed by atoms with Crippen LogP contribution in [-0.4, -0.2) is 32.2 Å². The predicted molar refractivity (Wildman–Crippen MR) is 88.8 cm³/mol. The molecule has 2 rings (SSSR count). The summed E-state index contributed by atoms with van der Waals surface area (Å²) in [5.74, 6) is 1.98. The maximum absolute atomic E-state index is 2.33. The van der Waals surface area contributed by atoms with Gasteiger partial charge in [-0.3, -0.25) is 0 Å². The van der Waals surface area contributed by atoms with Crippen LogP contribution in [0.3, 0.4) is 0 Å². The lowest BCUT2D eigenvalue weighted by molar-refractivity contribution is -0.870. The maximum atomic E-state index is 2.33. The number of quaternary nitrogens is 1. The van der Waals surface area contributed by atoms with E-state index in [9.17, 15) is 0 Å². The van der Waals surface area contributed by atoms with Crippen molar-refractivity contribution in [3.05, 3.63) is 30.6 Å². The van der Waals surface area contributed by atoms with Crippen molar-refractivity contribution in [1.29, 1.82) is 0 Å². The van der Waals surface area contributed by atoms with Crippen LogP contribution in [0.4, 0.5) is 0 Å². The molecule has 118 valence electrons. The SMILES string of the molecule is C[N+](C)(C)CCCC1CCC(CC[n+]2ccccc2)CC1. The van der Waals surface area contributed by atoms with Crippen LogP contribution in [0.15, 0.2) is 30.6 Å². The Labute approximate surface area is 131 Å². The number of pyridine rings is 1. The molecule has 0 bridgehead atoms. The Morgan fingerprint density at radius 2 is 1.43 bits per heavy atom. The molecule has 0 saturated heterocycles. The van der Waals surface area contributed by atoms with E-state index in [4.69, 9.17) is 0 Å². The molecule has 1 aliphatic rings. The maximum Gasteiger partial charge on any atom is 0.168 e. The monoisotopic (exact) mass is 290 g/mol. The normalized spacial score (nSPS) is 23.2. The van der Waals surface area contributed by atoms with E-state index < -0.39 is 0 Å². The molecule has 2 nitrogen and oxygen atoms in total. The molecule has 0 N–H and O–H groups in total. The van der Waals surface area contributed by atoms with Crippen molar-refractivity contribution in [2.45, 2.75) is 51.5 Å². The van der Waals surface area contributed by atoms with E-state index in [-0.39, 0.29) is 0 Å². The van der Waals surface area contributed by atoms with Gasteiger partial charge in [0, 0.05) is 18.6 Å². The Morgan fingerprint density at radius 1 is 0.857 bits per heavy atom. The Balaban J connectivity index is 1.60. The lowest BCUT2D eigenvalue weighted by Gasteiger charge is -2.29. The zero-order valence-electron chi connectivity index (χ0n) is 14.3. The summed E-state index contributed by atoms with van der Waals surface area (Å²) in [4.78, 5) is 0. The van der Waals surface area contributed by atoms with Crippen LogP contribution in [0, 0.1) is 11.8 Å². The van der Waals surface area contributed by atoms with Gasteiger partial charge >= 0.3 is 0 Å². The van der Waals surface area contributed by atoms with E-state index in [0.717, 1.165) is 16.3 Å². The van der Waals surface area contributed by atoms with E-state index >= 15 is 0 Å². The number of hydrogen-bond donors (Lipinski definition) is 0. The van der Waals surface area contributed by atoms with E-state index in [1.54, 1.807) is 0 Å². The average Bonchev–Trinajstić information content (AvgIpc) is 2.46. The minimum atomic E-state index is 0.965. The van der Waals surface area contributed by atoms with Crippen molar-refractivity contribution >= 4 is 0 Å². The average molecular weight is 290 g/mol. The molecular weight excluding hydrogens is 256 g/mol. The number of aryl methyl sites for hydroxylation is 1. The Morgan fingerprint density at radius 3 is 2.00 bits per heavy atom. The molecule has 1 aromatic rings. The number of hydrogen-bond acceptors (Lipinski definition) is 0. The molecule has 2 heteroatoms. The molecule has 0 atom stereocenters. The first-order valence-electron chi connectivity index (χ1n) is 8.77. The van der Waals surface area contributed by atoms with E-state index in [1.165, 1.54) is 58.0 Å². The van der Waals surface area contributed by atoms with Gasteiger partial charge in [-0.05, 0) is 37.5 Å². The van der Waals surface area contributed by atoms with Crippen LogP contribution < -0.4 is 4.57 Å². The van der Waals surface area contributed by atoms with Gasteiger partial charge in [0.15, 0.2) is 12.4 Å². The fourth-order valence-electron chi connectivity index (χ4n) is 3.58. The van der Waals surface area contributed by atoms with Gasteiger partial charge in [0.2, 0.25) is 0 Å². The Hall–Kier alpha value is -0.890. The van der Waals surface area contributed by atoms with Crippen LogP contribution in [0.2, 0.25) is 0 Å². The van der Waals surface area contributed by atoms with Crippen LogP contribution >= 0.6 is 0 Å². The lowest BCUT2D eigenvalue weighted by atomic mass is 9.78. The van der Waals surface area contributed by atoms with Crippen LogP contribution in [-0.2, 0) is 6.54 Å². The molecule has 0 radical (unpaired) electrons. The van der Waals surface area contributed by atoms with Gasteiger partial charge in [0.25, 0.3) is 0 Å². The van der Waals surface area contributed by atoms with Gasteiger partial charge in [-0.1, -0.05) is 18.9 Å². The van der Waals surface area contributed by atoms with Crippen LogP contribution in [0.1, 0.15) is 44.9 Å². The first-order valence-corrected chi connectivity index (χ1v) is 8.77. The summed E-state index contributed by atoms with van der Waals surface area (Å²) >= 11 is 0. The molecule has 1 fully saturated rings. The summed E-state index contributed by atoms with van der Waals surface area (Å²) in [6.07, 6.45) is 14.5. The standard InChI is InChI=1S/C19H34N2/c1-21(2,3)17-7-8-18-9-11-19(12-10-18)13-16-20-14-5-4-6-15-20/h4-6,14-15,18-19H,7-13,16-17H2,1-3H3/q+2. The zero-order valence-corrected chi connectivity index (χ0v) is 14.3. The summed E-state index contributed by atoms with van der Waals surface area (Å²) in [6, 6.07) is 6.35. The van der Waals surface area contributed by atoms with Gasteiger partial charge < -0.3 is 4.48 Å². The summed E-state index contributed by atoms with van der Waals surface area (Å²) < 4.78 is 3.44. The fraction of sp³-hybridized carbons (Fsp3) is 0.737.